The van der Waals surface area contributed by atoms with Gasteiger partial charge >= 0.3 is 0 Å². The largest absolute Gasteiger partial charge is 0.492 e. The summed E-state index contributed by atoms with van der Waals surface area (Å²) >= 11 is 0. The lowest BCUT2D eigenvalue weighted by molar-refractivity contribution is -0.297. The summed E-state index contributed by atoms with van der Waals surface area (Å²) in [6, 6.07) is -2.48. The van der Waals surface area contributed by atoms with Crippen molar-refractivity contribution in [1.82, 2.24) is 16.0 Å². The highest BCUT2D eigenvalue weighted by atomic mass is 16.7. The molecular weight excluding hydrogens is 550 g/mol. The van der Waals surface area contributed by atoms with Gasteiger partial charge in [0.25, 0.3) is 0 Å². The number of unbranched alkanes of at least 4 members (excludes halogenated alkanes) is 1. The Morgan fingerprint density at radius 2 is 1.93 bits per heavy atom. The quantitative estimate of drug-likeness (QED) is 0.0839. The zero-order chi connectivity index (χ0) is 31.0. The number of nitrogens with two attached hydrogens (primary N) is 4. The molecule has 2 fully saturated rings. The summed E-state index contributed by atoms with van der Waals surface area (Å²) in [7, 11) is 1.60. The van der Waals surface area contributed by atoms with Crippen molar-refractivity contribution in [2.75, 3.05) is 39.8 Å². The molecule has 1 saturated carbocycles. The highest BCUT2D eigenvalue weighted by Gasteiger charge is 2.53. The van der Waals surface area contributed by atoms with E-state index in [9.17, 15) is 25.2 Å². The number of hydrogen-bond acceptors (Lipinski definition) is 14. The van der Waals surface area contributed by atoms with E-state index < -0.39 is 72.4 Å². The van der Waals surface area contributed by atoms with Crippen LogP contribution in [0.25, 0.3) is 0 Å². The van der Waals surface area contributed by atoms with E-state index >= 15 is 0 Å². The number of aliphatic hydroxyl groups is 4. The second kappa shape index (κ2) is 16.0. The molecule has 2 aliphatic heterocycles. The Balaban J connectivity index is 1.89. The molecule has 0 aromatic rings. The average molecular weight is 604 g/mol. The first-order chi connectivity index (χ1) is 20.0. The van der Waals surface area contributed by atoms with Crippen molar-refractivity contribution in [1.29, 1.82) is 0 Å². The molecule has 0 spiro atoms. The average Bonchev–Trinajstić information content (AvgIpc) is 2.94. The number of nitrogens with one attached hydrogen (secondary N) is 3. The van der Waals surface area contributed by atoms with Crippen molar-refractivity contribution < 1.29 is 39.4 Å². The smallest absolute Gasteiger partial charge is 0.249 e. The Kier molecular flexibility index (Phi) is 13.4. The minimum absolute atomic E-state index is 0.0479. The Labute approximate surface area is 247 Å². The van der Waals surface area contributed by atoms with Gasteiger partial charge in [0.15, 0.2) is 6.29 Å². The molecule has 0 aromatic heterocycles. The molecule has 3 rings (SSSR count). The first-order valence-electron chi connectivity index (χ1n) is 14.9. The van der Waals surface area contributed by atoms with E-state index in [0.29, 0.717) is 25.3 Å². The standard InChI is InChI=1S/C27H53N7O8/c1-27(39)13-40-26(21(37)24(27)32-2)42-23-17(34-25(38)18(35)7-9-29)11-15(31)19(20(23)36)22-16(33-10-4-3-8-28)6-5-14(12-30)41-22/h5,15-24,26,32-33,35-37,39H,3-4,6-13,28-31H2,1-2H3,(H,34,38)/t15-,16+,17+,18-,19+,20-,21+,22?,23-,24+,26+,27-/m0/s1. The van der Waals surface area contributed by atoms with E-state index in [4.69, 9.17) is 37.1 Å². The number of likely N-dealkylation sites (N-methyl/N-ethyl adjacent to an activating group) is 1. The summed E-state index contributed by atoms with van der Waals surface area (Å²) in [5.41, 5.74) is 22.4. The predicted octanol–water partition coefficient (Wildman–Crippen LogP) is -4.34. The van der Waals surface area contributed by atoms with E-state index in [0.717, 1.165) is 12.8 Å². The van der Waals surface area contributed by atoms with Crippen molar-refractivity contribution in [3.05, 3.63) is 11.8 Å². The predicted molar refractivity (Wildman–Crippen MR) is 154 cm³/mol. The molecule has 0 radical (unpaired) electrons. The summed E-state index contributed by atoms with van der Waals surface area (Å²) in [6.45, 7) is 2.94. The number of aliphatic hydroxyl groups excluding tert-OH is 3. The molecule has 1 saturated heterocycles. The Hall–Kier alpha value is -1.47. The number of carbonyl (C=O) groups excluding carboxylic acids is 1. The van der Waals surface area contributed by atoms with Crippen LogP contribution in [0.2, 0.25) is 0 Å². The highest BCUT2D eigenvalue weighted by Crippen LogP contribution is 2.37. The lowest BCUT2D eigenvalue weighted by Gasteiger charge is -2.51. The Bertz CT molecular complexity index is 883. The van der Waals surface area contributed by atoms with Crippen LogP contribution in [0.15, 0.2) is 11.8 Å². The van der Waals surface area contributed by atoms with Gasteiger partial charge in [-0.2, -0.15) is 0 Å². The molecule has 0 bridgehead atoms. The summed E-state index contributed by atoms with van der Waals surface area (Å²) < 4.78 is 18.2. The minimum Gasteiger partial charge on any atom is -0.492 e. The summed E-state index contributed by atoms with van der Waals surface area (Å²) in [5, 5.41) is 53.0. The number of hydrogen-bond donors (Lipinski definition) is 11. The van der Waals surface area contributed by atoms with Crippen LogP contribution in [0.3, 0.4) is 0 Å². The molecule has 3 aliphatic rings. The SMILES string of the molecule is CN[C@@H]1[C@@H](O)[C@@H](O[C@@H]2[C@@H](O)[C@H](C3OC(CN)=CC[C@H]3NCCCCN)[C@@H](N)C[C@H]2NC(=O)[C@@H](O)CCN)OC[C@]1(C)O. The number of carbonyl (C=O) groups is 1. The van der Waals surface area contributed by atoms with Crippen LogP contribution in [0.1, 0.15) is 39.0 Å². The molecular formula is C27H53N7O8. The summed E-state index contributed by atoms with van der Waals surface area (Å²) in [6.07, 6.45) is -2.42. The maximum absolute atomic E-state index is 12.8. The van der Waals surface area contributed by atoms with E-state index in [1.54, 1.807) is 7.05 Å². The Morgan fingerprint density at radius 3 is 2.57 bits per heavy atom. The van der Waals surface area contributed by atoms with Crippen LogP contribution in [-0.2, 0) is 19.0 Å². The van der Waals surface area contributed by atoms with Crippen molar-refractivity contribution in [2.24, 2.45) is 28.9 Å². The normalized spacial score (nSPS) is 39.7. The molecule has 1 aliphatic carbocycles. The first kappa shape index (κ1) is 35.0. The van der Waals surface area contributed by atoms with E-state index in [1.807, 2.05) is 6.08 Å². The lowest BCUT2D eigenvalue weighted by Crippen LogP contribution is -2.69. The summed E-state index contributed by atoms with van der Waals surface area (Å²) in [5.74, 6) is -0.759. The van der Waals surface area contributed by atoms with Gasteiger partial charge in [-0.3, -0.25) is 4.79 Å². The third-order valence-corrected chi connectivity index (χ3v) is 8.55. The van der Waals surface area contributed by atoms with Crippen molar-refractivity contribution in [3.8, 4) is 0 Å². The van der Waals surface area contributed by atoms with E-state index in [2.05, 4.69) is 16.0 Å². The van der Waals surface area contributed by atoms with Crippen molar-refractivity contribution >= 4 is 5.91 Å². The van der Waals surface area contributed by atoms with Gasteiger partial charge in [-0.25, -0.2) is 0 Å². The van der Waals surface area contributed by atoms with Crippen LogP contribution in [0.4, 0.5) is 0 Å². The van der Waals surface area contributed by atoms with Gasteiger partial charge in [-0.15, -0.1) is 0 Å². The van der Waals surface area contributed by atoms with E-state index in [-0.39, 0.29) is 38.6 Å². The van der Waals surface area contributed by atoms with Gasteiger partial charge < -0.3 is 73.5 Å². The highest BCUT2D eigenvalue weighted by molar-refractivity contribution is 5.80. The molecule has 12 atom stereocenters. The molecule has 15 nitrogen and oxygen atoms in total. The third-order valence-electron chi connectivity index (χ3n) is 8.55. The van der Waals surface area contributed by atoms with Gasteiger partial charge in [-0.05, 0) is 71.8 Å². The molecule has 0 aromatic carbocycles. The number of ether oxygens (including phenoxy) is 3. The number of rotatable bonds is 14. The van der Waals surface area contributed by atoms with Crippen LogP contribution in [0, 0.1) is 5.92 Å². The van der Waals surface area contributed by atoms with Gasteiger partial charge in [0.1, 0.15) is 35.8 Å². The fourth-order valence-electron chi connectivity index (χ4n) is 6.27. The van der Waals surface area contributed by atoms with Crippen molar-refractivity contribution in [3.63, 3.8) is 0 Å². The lowest BCUT2D eigenvalue weighted by atomic mass is 9.72. The second-order valence-corrected chi connectivity index (χ2v) is 11.8. The van der Waals surface area contributed by atoms with Gasteiger partial charge in [0.2, 0.25) is 5.91 Å². The van der Waals surface area contributed by atoms with Crippen LogP contribution >= 0.6 is 0 Å². The maximum Gasteiger partial charge on any atom is 0.249 e. The molecule has 15 N–H and O–H groups in total. The third kappa shape index (κ3) is 8.37. The first-order valence-corrected chi connectivity index (χ1v) is 14.9. The van der Waals surface area contributed by atoms with E-state index in [1.165, 1.54) is 6.92 Å². The van der Waals surface area contributed by atoms with Crippen LogP contribution < -0.4 is 38.9 Å². The summed E-state index contributed by atoms with van der Waals surface area (Å²) in [4.78, 5) is 12.8. The molecule has 244 valence electrons. The van der Waals surface area contributed by atoms with Gasteiger partial charge in [0.05, 0.1) is 31.3 Å². The van der Waals surface area contributed by atoms with Gasteiger partial charge in [0, 0.05) is 18.0 Å². The molecule has 1 amide bonds. The van der Waals surface area contributed by atoms with Crippen LogP contribution in [-0.4, -0.2) is 133 Å². The zero-order valence-corrected chi connectivity index (χ0v) is 24.7. The fourth-order valence-corrected chi connectivity index (χ4v) is 6.27. The molecule has 15 heteroatoms. The monoisotopic (exact) mass is 603 g/mol. The molecule has 1 unspecified atom stereocenters. The fraction of sp³-hybridized carbons (Fsp3) is 0.889. The van der Waals surface area contributed by atoms with Crippen LogP contribution in [0.5, 0.6) is 0 Å². The minimum atomic E-state index is -1.38. The zero-order valence-electron chi connectivity index (χ0n) is 24.7. The molecule has 2 heterocycles. The maximum atomic E-state index is 12.8. The number of amides is 1. The topological polar surface area (TPSA) is 266 Å². The van der Waals surface area contributed by atoms with Gasteiger partial charge in [-0.1, -0.05) is 0 Å². The Morgan fingerprint density at radius 1 is 1.19 bits per heavy atom. The second-order valence-electron chi connectivity index (χ2n) is 11.8. The molecule has 42 heavy (non-hydrogen) atoms. The van der Waals surface area contributed by atoms with Crippen molar-refractivity contribution in [2.45, 2.75) is 106 Å².